The van der Waals surface area contributed by atoms with Crippen LogP contribution in [-0.4, -0.2) is 59.6 Å². The smallest absolute Gasteiger partial charge is 0.305 e. The molecule has 1 saturated heterocycles. The summed E-state index contributed by atoms with van der Waals surface area (Å²) in [4.78, 5) is 39.5. The number of allylic oxidation sites excluding steroid dienone is 2. The van der Waals surface area contributed by atoms with Crippen molar-refractivity contribution in [3.05, 3.63) is 12.2 Å². The standard InChI is InChI=1S/C22H36N2O5/c1-22(2,3)18-15-29-20(27)11-7-5-4-6-9-16(21(28)23-18)13-19(26)24-12-8-10-17(24)14-25/h4,6,16-18,25H,5,7-15H2,1-3H3,(H,23,28)/t16-,17+,18-/m1/s1. The monoisotopic (exact) mass is 408 g/mol. The van der Waals surface area contributed by atoms with E-state index in [0.29, 0.717) is 25.8 Å². The molecule has 0 bridgehead atoms. The first-order valence-corrected chi connectivity index (χ1v) is 10.7. The van der Waals surface area contributed by atoms with Crippen LogP contribution in [0, 0.1) is 11.3 Å². The largest absolute Gasteiger partial charge is 0.463 e. The first kappa shape index (κ1) is 23.4. The maximum absolute atomic E-state index is 13.1. The zero-order valence-electron chi connectivity index (χ0n) is 18.0. The number of ether oxygens (including phenoxy) is 1. The molecule has 2 amide bonds. The topological polar surface area (TPSA) is 95.9 Å². The molecule has 164 valence electrons. The van der Waals surface area contributed by atoms with E-state index in [1.165, 1.54) is 0 Å². The number of aliphatic hydroxyl groups is 1. The second kappa shape index (κ2) is 10.8. The number of hydrogen-bond donors (Lipinski definition) is 2. The van der Waals surface area contributed by atoms with Crippen LogP contribution in [0.5, 0.6) is 0 Å². The number of amides is 2. The number of rotatable bonds is 3. The molecule has 0 aliphatic carbocycles. The molecule has 2 aliphatic rings. The van der Waals surface area contributed by atoms with Crippen LogP contribution in [0.1, 0.15) is 65.7 Å². The highest BCUT2D eigenvalue weighted by Gasteiger charge is 2.34. The van der Waals surface area contributed by atoms with Gasteiger partial charge in [0.05, 0.1) is 24.6 Å². The summed E-state index contributed by atoms with van der Waals surface area (Å²) in [6.45, 7) is 6.68. The lowest BCUT2D eigenvalue weighted by molar-refractivity contribution is -0.146. The summed E-state index contributed by atoms with van der Waals surface area (Å²) in [6, 6.07) is -0.476. The van der Waals surface area contributed by atoms with Crippen LogP contribution in [0.2, 0.25) is 0 Å². The van der Waals surface area contributed by atoms with Crippen LogP contribution in [0.15, 0.2) is 12.2 Å². The Morgan fingerprint density at radius 3 is 2.72 bits per heavy atom. The zero-order chi connectivity index (χ0) is 21.4. The van der Waals surface area contributed by atoms with E-state index in [0.717, 1.165) is 19.3 Å². The third-order valence-corrected chi connectivity index (χ3v) is 5.81. The fourth-order valence-corrected chi connectivity index (χ4v) is 3.75. The predicted molar refractivity (Wildman–Crippen MR) is 110 cm³/mol. The Morgan fingerprint density at radius 2 is 2.03 bits per heavy atom. The first-order valence-electron chi connectivity index (χ1n) is 10.7. The van der Waals surface area contributed by atoms with E-state index in [4.69, 9.17) is 4.74 Å². The van der Waals surface area contributed by atoms with Crippen LogP contribution in [0.25, 0.3) is 0 Å². The lowest BCUT2D eigenvalue weighted by atomic mass is 9.86. The van der Waals surface area contributed by atoms with Crippen molar-refractivity contribution in [2.45, 2.75) is 77.8 Å². The van der Waals surface area contributed by atoms with E-state index in [-0.39, 0.29) is 54.9 Å². The van der Waals surface area contributed by atoms with Crippen molar-refractivity contribution >= 4 is 17.8 Å². The summed E-state index contributed by atoms with van der Waals surface area (Å²) < 4.78 is 5.39. The van der Waals surface area contributed by atoms with Gasteiger partial charge in [0.25, 0.3) is 0 Å². The number of nitrogens with one attached hydrogen (secondary N) is 1. The van der Waals surface area contributed by atoms with Crippen molar-refractivity contribution in [2.24, 2.45) is 11.3 Å². The van der Waals surface area contributed by atoms with E-state index in [1.807, 2.05) is 32.9 Å². The minimum absolute atomic E-state index is 0.0417. The van der Waals surface area contributed by atoms with Gasteiger partial charge in [0.15, 0.2) is 0 Å². The van der Waals surface area contributed by atoms with E-state index in [9.17, 15) is 19.5 Å². The summed E-state index contributed by atoms with van der Waals surface area (Å²) in [7, 11) is 0. The molecule has 7 nitrogen and oxygen atoms in total. The van der Waals surface area contributed by atoms with Gasteiger partial charge in [-0.05, 0) is 37.5 Å². The van der Waals surface area contributed by atoms with Gasteiger partial charge in [-0.1, -0.05) is 32.9 Å². The molecule has 2 N–H and O–H groups in total. The van der Waals surface area contributed by atoms with Gasteiger partial charge in [-0.25, -0.2) is 0 Å². The minimum atomic E-state index is -0.486. The van der Waals surface area contributed by atoms with Crippen molar-refractivity contribution in [2.75, 3.05) is 19.8 Å². The lowest BCUT2D eigenvalue weighted by Gasteiger charge is -2.32. The van der Waals surface area contributed by atoms with E-state index >= 15 is 0 Å². The lowest BCUT2D eigenvalue weighted by Crippen LogP contribution is -2.49. The normalized spacial score (nSPS) is 27.4. The van der Waals surface area contributed by atoms with Crippen LogP contribution >= 0.6 is 0 Å². The number of hydrogen-bond acceptors (Lipinski definition) is 5. The Balaban J connectivity index is 2.13. The number of esters is 1. The third kappa shape index (κ3) is 7.14. The van der Waals surface area contributed by atoms with Gasteiger partial charge in [0, 0.05) is 19.4 Å². The summed E-state index contributed by atoms with van der Waals surface area (Å²) in [5, 5.41) is 12.5. The van der Waals surface area contributed by atoms with Crippen LogP contribution in [0.4, 0.5) is 0 Å². The number of carbonyl (C=O) groups is 3. The van der Waals surface area contributed by atoms with Gasteiger partial charge < -0.3 is 20.1 Å². The summed E-state index contributed by atoms with van der Waals surface area (Å²) in [6.07, 6.45) is 7.95. The molecule has 0 aromatic rings. The molecule has 0 aromatic carbocycles. The highest BCUT2D eigenvalue weighted by atomic mass is 16.5. The summed E-state index contributed by atoms with van der Waals surface area (Å²) in [5.41, 5.74) is -0.294. The molecule has 3 atom stereocenters. The molecule has 0 aromatic heterocycles. The van der Waals surface area contributed by atoms with Gasteiger partial charge in [-0.15, -0.1) is 0 Å². The van der Waals surface area contributed by atoms with Crippen LogP contribution in [-0.2, 0) is 19.1 Å². The van der Waals surface area contributed by atoms with Gasteiger partial charge in [-0.2, -0.15) is 0 Å². The molecule has 7 heteroatoms. The fraction of sp³-hybridized carbons (Fsp3) is 0.773. The first-order chi connectivity index (χ1) is 13.7. The SMILES string of the molecule is CC(C)(C)[C@H]1COC(=O)CCCC=CC[C@H](CC(=O)N2CCC[C@H]2CO)C(=O)N1. The molecule has 0 spiro atoms. The molecule has 0 radical (unpaired) electrons. The van der Waals surface area contributed by atoms with Crippen molar-refractivity contribution in [3.63, 3.8) is 0 Å². The van der Waals surface area contributed by atoms with Gasteiger partial charge >= 0.3 is 5.97 Å². The van der Waals surface area contributed by atoms with E-state index < -0.39 is 5.92 Å². The predicted octanol–water partition coefficient (Wildman–Crippen LogP) is 2.18. The molecule has 2 aliphatic heterocycles. The molecule has 1 fully saturated rings. The Bertz CT molecular complexity index is 611. The highest BCUT2D eigenvalue weighted by Crippen LogP contribution is 2.24. The number of carbonyl (C=O) groups excluding carboxylic acids is 3. The second-order valence-corrected chi connectivity index (χ2v) is 9.18. The summed E-state index contributed by atoms with van der Waals surface area (Å²) >= 11 is 0. The average molecular weight is 409 g/mol. The average Bonchev–Trinajstić information content (AvgIpc) is 3.14. The van der Waals surface area contributed by atoms with Crippen LogP contribution < -0.4 is 5.32 Å². The fourth-order valence-electron chi connectivity index (χ4n) is 3.75. The number of aliphatic hydroxyl groups excluding tert-OH is 1. The van der Waals surface area contributed by atoms with Crippen molar-refractivity contribution in [1.82, 2.24) is 10.2 Å². The van der Waals surface area contributed by atoms with Gasteiger partial charge in [0.1, 0.15) is 6.61 Å². The van der Waals surface area contributed by atoms with E-state index in [2.05, 4.69) is 5.32 Å². The number of nitrogens with zero attached hydrogens (tertiary/aromatic N) is 1. The molecule has 2 rings (SSSR count). The molecular formula is C22H36N2O5. The maximum Gasteiger partial charge on any atom is 0.305 e. The van der Waals surface area contributed by atoms with Crippen molar-refractivity contribution < 1.29 is 24.2 Å². The minimum Gasteiger partial charge on any atom is -0.463 e. The number of cyclic esters (lactones) is 1. The third-order valence-electron chi connectivity index (χ3n) is 5.81. The van der Waals surface area contributed by atoms with E-state index in [1.54, 1.807) is 4.90 Å². The van der Waals surface area contributed by atoms with Gasteiger partial charge in [0.2, 0.25) is 11.8 Å². The molecular weight excluding hydrogens is 372 g/mol. The maximum atomic E-state index is 13.1. The molecule has 0 unspecified atom stereocenters. The van der Waals surface area contributed by atoms with Gasteiger partial charge in [-0.3, -0.25) is 14.4 Å². The Labute approximate surface area is 173 Å². The zero-order valence-corrected chi connectivity index (χ0v) is 18.0. The molecule has 2 heterocycles. The Morgan fingerprint density at radius 1 is 1.28 bits per heavy atom. The second-order valence-electron chi connectivity index (χ2n) is 9.18. The summed E-state index contributed by atoms with van der Waals surface area (Å²) in [5.74, 6) is -1.02. The number of likely N-dealkylation sites (tertiary alicyclic amines) is 1. The molecule has 29 heavy (non-hydrogen) atoms. The van der Waals surface area contributed by atoms with Crippen molar-refractivity contribution in [1.29, 1.82) is 0 Å². The van der Waals surface area contributed by atoms with Crippen molar-refractivity contribution in [3.8, 4) is 0 Å². The Hall–Kier alpha value is -1.89. The highest BCUT2D eigenvalue weighted by molar-refractivity contribution is 5.86. The quantitative estimate of drug-likeness (QED) is 0.551. The Kier molecular flexibility index (Phi) is 8.68. The molecule has 0 saturated carbocycles. The van der Waals surface area contributed by atoms with Crippen LogP contribution in [0.3, 0.4) is 0 Å².